The smallest absolute Gasteiger partial charge is 0.0474 e. The second-order valence-electron chi connectivity index (χ2n) is 5.34. The highest BCUT2D eigenvalue weighted by atomic mass is 14.6. The summed E-state index contributed by atoms with van der Waals surface area (Å²) in [6.45, 7) is 0. The topological polar surface area (TPSA) is 52.0 Å². The van der Waals surface area contributed by atoms with Gasteiger partial charge >= 0.3 is 0 Å². The third kappa shape index (κ3) is 5.81. The molecule has 4 N–H and O–H groups in total. The van der Waals surface area contributed by atoms with Gasteiger partial charge in [-0.3, -0.25) is 0 Å². The molecule has 2 aromatic rings. The van der Waals surface area contributed by atoms with Crippen LogP contribution in [-0.4, -0.2) is 0 Å². The minimum Gasteiger partial charge on any atom is -0.398 e. The molecule has 0 fully saturated rings. The average Bonchev–Trinajstić information content (AvgIpc) is 2.56. The summed E-state index contributed by atoms with van der Waals surface area (Å²) >= 11 is 0. The van der Waals surface area contributed by atoms with Crippen molar-refractivity contribution in [2.45, 2.75) is 32.1 Å². The largest absolute Gasteiger partial charge is 0.398 e. The molecule has 2 nitrogen and oxygen atoms in total. The van der Waals surface area contributed by atoms with Crippen LogP contribution < -0.4 is 11.5 Å². The summed E-state index contributed by atoms with van der Waals surface area (Å²) in [5.41, 5.74) is 15.0. The number of anilines is 2. The maximum atomic E-state index is 5.85. The van der Waals surface area contributed by atoms with Crippen LogP contribution in [-0.2, 0) is 0 Å². The van der Waals surface area contributed by atoms with Crippen molar-refractivity contribution < 1.29 is 0 Å². The lowest BCUT2D eigenvalue weighted by Gasteiger charge is -1.96. The van der Waals surface area contributed by atoms with Gasteiger partial charge in [-0.25, -0.2) is 0 Å². The van der Waals surface area contributed by atoms with Gasteiger partial charge in [0.2, 0.25) is 0 Å². The Morgan fingerprint density at radius 2 is 1.04 bits per heavy atom. The number of nitrogens with two attached hydrogens (primary N) is 2. The normalized spacial score (nSPS) is 9.39. The molecule has 0 saturated carbocycles. The maximum absolute atomic E-state index is 5.85. The molecule has 0 bridgehead atoms. The molecule has 2 rings (SSSR count). The molecular weight excluding hydrogens is 280 g/mol. The fourth-order valence-electron chi connectivity index (χ4n) is 2.14. The lowest BCUT2D eigenvalue weighted by molar-refractivity contribution is 0.709. The second-order valence-corrected chi connectivity index (χ2v) is 5.34. The van der Waals surface area contributed by atoms with Crippen molar-refractivity contribution in [1.82, 2.24) is 0 Å². The van der Waals surface area contributed by atoms with Gasteiger partial charge in [-0.1, -0.05) is 54.4 Å². The number of benzene rings is 2. The van der Waals surface area contributed by atoms with Gasteiger partial charge in [0.15, 0.2) is 0 Å². The molecule has 0 heterocycles. The number of hydrogen-bond acceptors (Lipinski definition) is 2. The number of hydrogen-bond donors (Lipinski definition) is 2. The zero-order valence-corrected chi connectivity index (χ0v) is 13.3. The summed E-state index contributed by atoms with van der Waals surface area (Å²) in [6, 6.07) is 15.4. The van der Waals surface area contributed by atoms with E-state index in [0.717, 1.165) is 54.6 Å². The van der Waals surface area contributed by atoms with E-state index in [0.29, 0.717) is 0 Å². The van der Waals surface area contributed by atoms with Crippen molar-refractivity contribution in [1.29, 1.82) is 0 Å². The van der Waals surface area contributed by atoms with E-state index in [1.807, 2.05) is 48.5 Å². The Morgan fingerprint density at radius 1 is 0.609 bits per heavy atom. The highest BCUT2D eigenvalue weighted by Crippen LogP contribution is 2.10. The fraction of sp³-hybridized carbons (Fsp3) is 0.238. The van der Waals surface area contributed by atoms with Gasteiger partial charge in [0, 0.05) is 35.3 Å². The van der Waals surface area contributed by atoms with E-state index >= 15 is 0 Å². The summed E-state index contributed by atoms with van der Waals surface area (Å²) in [5, 5.41) is 0. The van der Waals surface area contributed by atoms with E-state index in [-0.39, 0.29) is 0 Å². The molecule has 0 radical (unpaired) electrons. The van der Waals surface area contributed by atoms with Crippen molar-refractivity contribution in [3.63, 3.8) is 0 Å². The van der Waals surface area contributed by atoms with E-state index in [9.17, 15) is 0 Å². The van der Waals surface area contributed by atoms with Crippen LogP contribution in [0.1, 0.15) is 43.2 Å². The van der Waals surface area contributed by atoms with Crippen LogP contribution in [0.5, 0.6) is 0 Å². The first-order valence-electron chi connectivity index (χ1n) is 7.94. The number of para-hydroxylation sites is 2. The molecule has 2 aromatic carbocycles. The fourth-order valence-corrected chi connectivity index (χ4v) is 2.14. The van der Waals surface area contributed by atoms with Gasteiger partial charge in [-0.15, -0.1) is 0 Å². The van der Waals surface area contributed by atoms with Gasteiger partial charge in [0.1, 0.15) is 0 Å². The Balaban J connectivity index is 1.64. The Hall–Kier alpha value is -2.84. The Kier molecular flexibility index (Phi) is 6.64. The molecule has 0 aromatic heterocycles. The van der Waals surface area contributed by atoms with Gasteiger partial charge in [0.25, 0.3) is 0 Å². The third-order valence-corrected chi connectivity index (χ3v) is 3.47. The van der Waals surface area contributed by atoms with Gasteiger partial charge < -0.3 is 11.5 Å². The van der Waals surface area contributed by atoms with E-state index < -0.39 is 0 Å². The van der Waals surface area contributed by atoms with Crippen molar-refractivity contribution in [2.75, 3.05) is 11.5 Å². The molecule has 0 atom stereocenters. The van der Waals surface area contributed by atoms with Crippen molar-refractivity contribution in [3.05, 3.63) is 59.7 Å². The predicted molar refractivity (Wildman–Crippen MR) is 98.5 cm³/mol. The van der Waals surface area contributed by atoms with Crippen LogP contribution in [0.15, 0.2) is 48.5 Å². The molecule has 116 valence electrons. The van der Waals surface area contributed by atoms with E-state index in [1.54, 1.807) is 0 Å². The maximum Gasteiger partial charge on any atom is 0.0474 e. The highest BCUT2D eigenvalue weighted by Gasteiger charge is 1.92. The third-order valence-electron chi connectivity index (χ3n) is 3.47. The van der Waals surface area contributed by atoms with Crippen molar-refractivity contribution in [3.8, 4) is 23.7 Å². The van der Waals surface area contributed by atoms with E-state index in [1.165, 1.54) is 0 Å². The van der Waals surface area contributed by atoms with Crippen LogP contribution in [0, 0.1) is 23.7 Å². The van der Waals surface area contributed by atoms with Crippen molar-refractivity contribution in [2.24, 2.45) is 0 Å². The Labute approximate surface area is 138 Å². The van der Waals surface area contributed by atoms with Crippen LogP contribution in [0.25, 0.3) is 0 Å². The molecule has 0 aliphatic rings. The van der Waals surface area contributed by atoms with Gasteiger partial charge in [-0.05, 0) is 37.1 Å². The monoisotopic (exact) mass is 302 g/mol. The number of nitrogen functional groups attached to an aromatic ring is 2. The first-order valence-corrected chi connectivity index (χ1v) is 7.94. The number of rotatable bonds is 4. The number of unbranched alkanes of at least 4 members (excludes halogenated alkanes) is 4. The zero-order valence-electron chi connectivity index (χ0n) is 13.3. The van der Waals surface area contributed by atoms with Crippen LogP contribution >= 0.6 is 0 Å². The lowest BCUT2D eigenvalue weighted by Crippen LogP contribution is -1.88. The Bertz CT molecular complexity index is 689. The minimum absolute atomic E-state index is 0.746. The first kappa shape index (κ1) is 16.5. The van der Waals surface area contributed by atoms with E-state index in [4.69, 9.17) is 11.5 Å². The molecular formula is C21H22N2. The van der Waals surface area contributed by atoms with Gasteiger partial charge in [0.05, 0.1) is 0 Å². The summed E-state index contributed by atoms with van der Waals surface area (Å²) in [5.74, 6) is 12.6. The van der Waals surface area contributed by atoms with E-state index in [2.05, 4.69) is 23.7 Å². The van der Waals surface area contributed by atoms with Crippen LogP contribution in [0.4, 0.5) is 11.4 Å². The highest BCUT2D eigenvalue weighted by molar-refractivity contribution is 5.56. The summed E-state index contributed by atoms with van der Waals surface area (Å²) in [4.78, 5) is 0. The first-order chi connectivity index (χ1) is 11.3. The SMILES string of the molecule is Nc1ccccc1C#CCCCCCC#Cc1ccccc1N. The predicted octanol–water partition coefficient (Wildman–Crippen LogP) is 4.20. The average molecular weight is 302 g/mol. The summed E-state index contributed by atoms with van der Waals surface area (Å²) < 4.78 is 0. The molecule has 0 aliphatic carbocycles. The quantitative estimate of drug-likeness (QED) is 0.505. The molecule has 0 aliphatic heterocycles. The molecule has 2 heteroatoms. The molecule has 23 heavy (non-hydrogen) atoms. The molecule has 0 amide bonds. The van der Waals surface area contributed by atoms with Crippen molar-refractivity contribution >= 4 is 11.4 Å². The zero-order chi connectivity index (χ0) is 16.3. The summed E-state index contributed by atoms with van der Waals surface area (Å²) in [7, 11) is 0. The minimum atomic E-state index is 0.746. The standard InChI is InChI=1S/C21H22N2/c22-20-16-10-8-14-18(20)12-6-4-2-1-3-5-7-13-19-15-9-11-17-21(19)23/h8-11,14-17H,1-5,22-23H2. The summed E-state index contributed by atoms with van der Waals surface area (Å²) in [6.07, 6.45) is 5.11. The lowest BCUT2D eigenvalue weighted by atomic mass is 10.1. The van der Waals surface area contributed by atoms with Crippen LogP contribution in [0.3, 0.4) is 0 Å². The van der Waals surface area contributed by atoms with Gasteiger partial charge in [-0.2, -0.15) is 0 Å². The molecule has 0 saturated heterocycles. The molecule has 0 unspecified atom stereocenters. The molecule has 0 spiro atoms. The second kappa shape index (κ2) is 9.23. The Morgan fingerprint density at radius 3 is 1.48 bits per heavy atom. The van der Waals surface area contributed by atoms with Crippen LogP contribution in [0.2, 0.25) is 0 Å².